The van der Waals surface area contributed by atoms with E-state index in [0.717, 1.165) is 18.6 Å². The summed E-state index contributed by atoms with van der Waals surface area (Å²) >= 11 is 0. The molecule has 2 nitrogen and oxygen atoms in total. The van der Waals surface area contributed by atoms with E-state index in [9.17, 15) is 17.6 Å². The van der Waals surface area contributed by atoms with E-state index in [1.54, 1.807) is 6.07 Å². The average Bonchev–Trinajstić information content (AvgIpc) is 2.53. The summed E-state index contributed by atoms with van der Waals surface area (Å²) in [5.41, 5.74) is 0.368. The molecule has 2 aromatic carbocycles. The van der Waals surface area contributed by atoms with Gasteiger partial charge >= 0.3 is 0 Å². The fourth-order valence-corrected chi connectivity index (χ4v) is 2.30. The average molecular weight is 312 g/mol. The highest BCUT2D eigenvalue weighted by Crippen LogP contribution is 2.30. The van der Waals surface area contributed by atoms with Crippen LogP contribution in [0.25, 0.3) is 11.1 Å². The first kappa shape index (κ1) is 15.0. The minimum atomic E-state index is -1.58. The first-order chi connectivity index (χ1) is 10.6. The number of hydrogen-bond donors (Lipinski definition) is 0. The maximum absolute atomic E-state index is 14.2. The smallest absolute Gasteiger partial charge is 0.194 e. The second-order valence-electron chi connectivity index (χ2n) is 4.92. The predicted molar refractivity (Wildman–Crippen MR) is 71.0 cm³/mol. The Morgan fingerprint density at radius 2 is 1.45 bits per heavy atom. The zero-order chi connectivity index (χ0) is 15.7. The molecule has 0 atom stereocenters. The van der Waals surface area contributed by atoms with Crippen LogP contribution in [0.3, 0.4) is 0 Å². The zero-order valence-electron chi connectivity index (χ0n) is 11.4. The third-order valence-corrected chi connectivity index (χ3v) is 3.39. The van der Waals surface area contributed by atoms with E-state index in [2.05, 4.69) is 0 Å². The molecule has 1 saturated heterocycles. The Balaban J connectivity index is 1.95. The van der Waals surface area contributed by atoms with Crippen LogP contribution in [0.2, 0.25) is 0 Å². The lowest BCUT2D eigenvalue weighted by atomic mass is 10.0. The fourth-order valence-electron chi connectivity index (χ4n) is 2.30. The highest BCUT2D eigenvalue weighted by atomic mass is 19.2. The van der Waals surface area contributed by atoms with Gasteiger partial charge in [-0.2, -0.15) is 0 Å². The van der Waals surface area contributed by atoms with Gasteiger partial charge < -0.3 is 9.47 Å². The number of ether oxygens (including phenoxy) is 2. The van der Waals surface area contributed by atoms with E-state index >= 15 is 0 Å². The fraction of sp³-hybridized carbons (Fsp3) is 0.250. The largest absolute Gasteiger partial charge is 0.348 e. The lowest BCUT2D eigenvalue weighted by Crippen LogP contribution is -2.17. The molecule has 0 saturated carbocycles. The molecular weight excluding hydrogens is 300 g/mol. The van der Waals surface area contributed by atoms with E-state index in [0.29, 0.717) is 18.8 Å². The minimum absolute atomic E-state index is 0.0302. The van der Waals surface area contributed by atoms with Crippen molar-refractivity contribution >= 4 is 0 Å². The third-order valence-electron chi connectivity index (χ3n) is 3.39. The van der Waals surface area contributed by atoms with Crippen LogP contribution in [0.15, 0.2) is 30.3 Å². The van der Waals surface area contributed by atoms with Crippen molar-refractivity contribution in [2.75, 3.05) is 13.2 Å². The van der Waals surface area contributed by atoms with Crippen LogP contribution in [-0.4, -0.2) is 13.2 Å². The summed E-state index contributed by atoms with van der Waals surface area (Å²) in [6.07, 6.45) is 0.115. The summed E-state index contributed by atoms with van der Waals surface area (Å²) in [5.74, 6) is -5.00. The molecule has 1 fully saturated rings. The molecule has 0 aliphatic carbocycles. The lowest BCUT2D eigenvalue weighted by molar-refractivity contribution is -0.183. The standard InChI is InChI=1S/C16H12F4O2/c17-12-6-9(16-21-4-1-5-22-16)2-3-11(12)10-7-13(18)15(20)14(19)8-10/h2-3,6-8,16H,1,4-5H2. The number of rotatable bonds is 2. The summed E-state index contributed by atoms with van der Waals surface area (Å²) in [6, 6.07) is 5.60. The van der Waals surface area contributed by atoms with E-state index in [1.807, 2.05) is 0 Å². The topological polar surface area (TPSA) is 18.5 Å². The van der Waals surface area contributed by atoms with Crippen molar-refractivity contribution in [2.45, 2.75) is 12.7 Å². The van der Waals surface area contributed by atoms with Gasteiger partial charge in [0.25, 0.3) is 0 Å². The zero-order valence-corrected chi connectivity index (χ0v) is 11.4. The minimum Gasteiger partial charge on any atom is -0.348 e. The SMILES string of the molecule is Fc1cc(C2OCCCO2)ccc1-c1cc(F)c(F)c(F)c1. The van der Waals surface area contributed by atoms with Crippen molar-refractivity contribution < 1.29 is 27.0 Å². The van der Waals surface area contributed by atoms with E-state index in [1.165, 1.54) is 12.1 Å². The van der Waals surface area contributed by atoms with Crippen molar-refractivity contribution in [1.82, 2.24) is 0 Å². The summed E-state index contributed by atoms with van der Waals surface area (Å²) in [7, 11) is 0. The first-order valence-electron chi connectivity index (χ1n) is 6.74. The van der Waals surface area contributed by atoms with Crippen molar-refractivity contribution in [3.05, 3.63) is 59.2 Å². The van der Waals surface area contributed by atoms with Gasteiger partial charge in [-0.15, -0.1) is 0 Å². The Kier molecular flexibility index (Phi) is 4.13. The van der Waals surface area contributed by atoms with Gasteiger partial charge in [-0.25, -0.2) is 17.6 Å². The Labute approximate surface area is 124 Å². The van der Waals surface area contributed by atoms with Crippen LogP contribution in [0.5, 0.6) is 0 Å². The quantitative estimate of drug-likeness (QED) is 0.606. The van der Waals surface area contributed by atoms with Gasteiger partial charge in [-0.05, 0) is 30.2 Å². The second kappa shape index (κ2) is 6.06. The summed E-state index contributed by atoms with van der Waals surface area (Å²) < 4.78 is 64.4. The van der Waals surface area contributed by atoms with Crippen molar-refractivity contribution in [2.24, 2.45) is 0 Å². The molecule has 1 aliphatic rings. The van der Waals surface area contributed by atoms with Gasteiger partial charge in [-0.3, -0.25) is 0 Å². The summed E-state index contributed by atoms with van der Waals surface area (Å²) in [5, 5.41) is 0. The normalized spacial score (nSPS) is 16.0. The van der Waals surface area contributed by atoms with Gasteiger partial charge in [0.15, 0.2) is 23.7 Å². The number of hydrogen-bond acceptors (Lipinski definition) is 2. The Morgan fingerprint density at radius 1 is 0.818 bits per heavy atom. The molecule has 0 spiro atoms. The molecule has 22 heavy (non-hydrogen) atoms. The molecule has 0 unspecified atom stereocenters. The Morgan fingerprint density at radius 3 is 2.05 bits per heavy atom. The molecule has 1 aliphatic heterocycles. The van der Waals surface area contributed by atoms with Gasteiger partial charge in [0.05, 0.1) is 13.2 Å². The highest BCUT2D eigenvalue weighted by molar-refractivity contribution is 5.64. The molecule has 6 heteroatoms. The number of benzene rings is 2. The van der Waals surface area contributed by atoms with Gasteiger partial charge in [0.2, 0.25) is 0 Å². The second-order valence-corrected chi connectivity index (χ2v) is 4.92. The maximum Gasteiger partial charge on any atom is 0.194 e. The molecule has 116 valence electrons. The van der Waals surface area contributed by atoms with E-state index in [-0.39, 0.29) is 11.1 Å². The van der Waals surface area contributed by atoms with Crippen LogP contribution in [0.4, 0.5) is 17.6 Å². The van der Waals surface area contributed by atoms with Crippen LogP contribution in [-0.2, 0) is 9.47 Å². The summed E-state index contributed by atoms with van der Waals surface area (Å²) in [4.78, 5) is 0. The molecule has 3 rings (SSSR count). The van der Waals surface area contributed by atoms with E-state index in [4.69, 9.17) is 9.47 Å². The van der Waals surface area contributed by atoms with Crippen molar-refractivity contribution in [1.29, 1.82) is 0 Å². The third kappa shape index (κ3) is 2.84. The molecule has 0 radical (unpaired) electrons. The first-order valence-corrected chi connectivity index (χ1v) is 6.74. The van der Waals surface area contributed by atoms with Gasteiger partial charge in [-0.1, -0.05) is 12.1 Å². The Hall–Kier alpha value is -1.92. The molecular formula is C16H12F4O2. The molecule has 0 aromatic heterocycles. The lowest BCUT2D eigenvalue weighted by Gasteiger charge is -2.23. The maximum atomic E-state index is 14.2. The molecule has 0 N–H and O–H groups in total. The van der Waals surface area contributed by atoms with Gasteiger partial charge in [0.1, 0.15) is 5.82 Å². The summed E-state index contributed by atoms with van der Waals surface area (Å²) in [6.45, 7) is 1.03. The molecule has 0 amide bonds. The molecule has 1 heterocycles. The highest BCUT2D eigenvalue weighted by Gasteiger charge is 2.19. The van der Waals surface area contributed by atoms with Crippen LogP contribution >= 0.6 is 0 Å². The van der Waals surface area contributed by atoms with Crippen molar-refractivity contribution in [3.63, 3.8) is 0 Å². The van der Waals surface area contributed by atoms with Crippen LogP contribution in [0, 0.1) is 23.3 Å². The monoisotopic (exact) mass is 312 g/mol. The van der Waals surface area contributed by atoms with Crippen LogP contribution < -0.4 is 0 Å². The Bertz CT molecular complexity index is 674. The van der Waals surface area contributed by atoms with E-state index < -0.39 is 29.6 Å². The molecule has 0 bridgehead atoms. The van der Waals surface area contributed by atoms with Crippen molar-refractivity contribution in [3.8, 4) is 11.1 Å². The van der Waals surface area contributed by atoms with Crippen LogP contribution in [0.1, 0.15) is 18.3 Å². The molecule has 2 aromatic rings. The van der Waals surface area contributed by atoms with Gasteiger partial charge in [0, 0.05) is 11.1 Å². The predicted octanol–water partition coefficient (Wildman–Crippen LogP) is 4.35. The number of halogens is 4.